The standard InChI is InChI=1S/C10H12Cl2N4O4S/c11-6-1-5(13)2-7(12)10(6)21(19,20)16(3-8(14)17)4-9(15)18/h1-2H,3-4,13H2,(H2,14,17)(H2,15,18). The summed E-state index contributed by atoms with van der Waals surface area (Å²) in [5, 5.41) is -0.502. The fourth-order valence-corrected chi connectivity index (χ4v) is 4.08. The molecule has 0 atom stereocenters. The molecule has 8 nitrogen and oxygen atoms in total. The molecule has 11 heteroatoms. The van der Waals surface area contributed by atoms with E-state index in [0.29, 0.717) is 4.31 Å². The molecule has 116 valence electrons. The van der Waals surface area contributed by atoms with Crippen molar-refractivity contribution in [2.75, 3.05) is 18.8 Å². The average Bonchev–Trinajstić information content (AvgIpc) is 2.24. The predicted octanol–water partition coefficient (Wildman–Crippen LogP) is -0.463. The summed E-state index contributed by atoms with van der Waals surface area (Å²) in [6.07, 6.45) is 0. The van der Waals surface area contributed by atoms with Crippen LogP contribution in [0.25, 0.3) is 0 Å². The quantitative estimate of drug-likeness (QED) is 0.590. The molecule has 0 aromatic heterocycles. The number of amides is 2. The first kappa shape index (κ1) is 17.5. The van der Waals surface area contributed by atoms with Crippen LogP contribution < -0.4 is 17.2 Å². The van der Waals surface area contributed by atoms with E-state index in [1.807, 2.05) is 0 Å². The Morgan fingerprint density at radius 1 is 1.05 bits per heavy atom. The molecular formula is C10H12Cl2N4O4S. The minimum atomic E-state index is -4.36. The molecule has 0 aliphatic carbocycles. The summed E-state index contributed by atoms with van der Waals surface area (Å²) >= 11 is 11.7. The third kappa shape index (κ3) is 4.21. The predicted molar refractivity (Wildman–Crippen MR) is 78.0 cm³/mol. The van der Waals surface area contributed by atoms with Crippen LogP contribution in [-0.2, 0) is 19.6 Å². The summed E-state index contributed by atoms with van der Waals surface area (Å²) in [6, 6.07) is 2.35. The molecule has 0 fully saturated rings. The van der Waals surface area contributed by atoms with Crippen LogP contribution in [0.2, 0.25) is 10.0 Å². The van der Waals surface area contributed by atoms with Crippen molar-refractivity contribution in [3.8, 4) is 0 Å². The first-order valence-electron chi connectivity index (χ1n) is 5.37. The molecule has 6 N–H and O–H groups in total. The molecule has 0 aliphatic rings. The van der Waals surface area contributed by atoms with Crippen molar-refractivity contribution >= 4 is 50.7 Å². The second-order valence-electron chi connectivity index (χ2n) is 4.02. The molecule has 0 saturated carbocycles. The zero-order valence-corrected chi connectivity index (χ0v) is 12.9. The number of sulfonamides is 1. The summed E-state index contributed by atoms with van der Waals surface area (Å²) in [4.78, 5) is 21.5. The van der Waals surface area contributed by atoms with Gasteiger partial charge in [0, 0.05) is 5.69 Å². The number of benzene rings is 1. The zero-order chi connectivity index (χ0) is 16.4. The molecule has 2 amide bonds. The third-order valence-corrected chi connectivity index (χ3v) is 5.00. The van der Waals surface area contributed by atoms with E-state index in [2.05, 4.69) is 0 Å². The van der Waals surface area contributed by atoms with E-state index in [-0.39, 0.29) is 15.7 Å². The molecule has 0 unspecified atom stereocenters. The molecular weight excluding hydrogens is 343 g/mol. The Morgan fingerprint density at radius 3 is 1.76 bits per heavy atom. The first-order valence-corrected chi connectivity index (χ1v) is 7.56. The molecule has 0 aliphatic heterocycles. The number of carbonyl (C=O) groups excluding carboxylic acids is 2. The lowest BCUT2D eigenvalue weighted by Crippen LogP contribution is -2.43. The first-order chi connectivity index (χ1) is 9.55. The molecule has 0 radical (unpaired) electrons. The smallest absolute Gasteiger partial charge is 0.246 e. The Kier molecular flexibility index (Phi) is 5.40. The van der Waals surface area contributed by atoms with Crippen molar-refractivity contribution in [3.05, 3.63) is 22.2 Å². The van der Waals surface area contributed by atoms with Crippen LogP contribution in [0.3, 0.4) is 0 Å². The van der Waals surface area contributed by atoms with Crippen LogP contribution >= 0.6 is 23.2 Å². The average molecular weight is 355 g/mol. The lowest BCUT2D eigenvalue weighted by atomic mass is 10.3. The SMILES string of the molecule is NC(=O)CN(CC(N)=O)S(=O)(=O)c1c(Cl)cc(N)cc1Cl. The van der Waals surface area contributed by atoms with Gasteiger partial charge < -0.3 is 17.2 Å². The van der Waals surface area contributed by atoms with E-state index in [1.54, 1.807) is 0 Å². The second kappa shape index (κ2) is 6.48. The van der Waals surface area contributed by atoms with Gasteiger partial charge in [-0.05, 0) is 12.1 Å². The van der Waals surface area contributed by atoms with Crippen molar-refractivity contribution in [2.45, 2.75) is 4.90 Å². The largest absolute Gasteiger partial charge is 0.399 e. The number of nitrogens with zero attached hydrogens (tertiary/aromatic N) is 1. The van der Waals surface area contributed by atoms with Gasteiger partial charge >= 0.3 is 0 Å². The van der Waals surface area contributed by atoms with Gasteiger partial charge in [-0.1, -0.05) is 23.2 Å². The summed E-state index contributed by atoms with van der Waals surface area (Å²) in [7, 11) is -4.36. The number of primary amides is 2. The fraction of sp³-hybridized carbons (Fsp3) is 0.200. The summed E-state index contributed by atoms with van der Waals surface area (Å²) in [5.74, 6) is -1.94. The molecule has 1 rings (SSSR count). The Labute approximate surface area is 130 Å². The molecule has 0 bridgehead atoms. The van der Waals surface area contributed by atoms with E-state index in [9.17, 15) is 18.0 Å². The van der Waals surface area contributed by atoms with Gasteiger partial charge in [0.05, 0.1) is 23.1 Å². The number of carbonyl (C=O) groups is 2. The number of anilines is 1. The number of hydrogen-bond acceptors (Lipinski definition) is 5. The highest BCUT2D eigenvalue weighted by atomic mass is 35.5. The molecule has 0 saturated heterocycles. The van der Waals surface area contributed by atoms with Crippen LogP contribution in [0.1, 0.15) is 0 Å². The van der Waals surface area contributed by atoms with Gasteiger partial charge in [-0.3, -0.25) is 9.59 Å². The summed E-state index contributed by atoms with van der Waals surface area (Å²) in [6.45, 7) is -1.50. The Balaban J connectivity index is 3.42. The molecule has 0 spiro atoms. The Bertz CT molecular complexity index is 653. The number of nitrogens with two attached hydrogens (primary N) is 3. The van der Waals surface area contributed by atoms with Gasteiger partial charge in [-0.2, -0.15) is 4.31 Å². The number of halogens is 2. The van der Waals surface area contributed by atoms with E-state index >= 15 is 0 Å². The van der Waals surface area contributed by atoms with E-state index in [0.717, 1.165) is 0 Å². The van der Waals surface area contributed by atoms with Crippen molar-refractivity contribution in [1.29, 1.82) is 0 Å². The van der Waals surface area contributed by atoms with Gasteiger partial charge in [-0.15, -0.1) is 0 Å². The van der Waals surface area contributed by atoms with Gasteiger partial charge in [-0.25, -0.2) is 8.42 Å². The van der Waals surface area contributed by atoms with Gasteiger partial charge in [0.1, 0.15) is 4.90 Å². The van der Waals surface area contributed by atoms with Crippen molar-refractivity contribution in [3.63, 3.8) is 0 Å². The fourth-order valence-electron chi connectivity index (χ4n) is 1.53. The normalized spacial score (nSPS) is 11.6. The maximum Gasteiger partial charge on any atom is 0.246 e. The highest BCUT2D eigenvalue weighted by molar-refractivity contribution is 7.89. The van der Waals surface area contributed by atoms with Gasteiger partial charge in [0.25, 0.3) is 0 Å². The third-order valence-electron chi connectivity index (χ3n) is 2.28. The summed E-state index contributed by atoms with van der Waals surface area (Å²) in [5.41, 5.74) is 15.6. The second-order valence-corrected chi connectivity index (χ2v) is 6.71. The maximum absolute atomic E-state index is 12.5. The van der Waals surface area contributed by atoms with Gasteiger partial charge in [0.2, 0.25) is 21.8 Å². The number of hydrogen-bond donors (Lipinski definition) is 3. The maximum atomic E-state index is 12.5. The van der Waals surface area contributed by atoms with Gasteiger partial charge in [0.15, 0.2) is 0 Å². The monoisotopic (exact) mass is 354 g/mol. The van der Waals surface area contributed by atoms with Crippen molar-refractivity contribution < 1.29 is 18.0 Å². The van der Waals surface area contributed by atoms with Crippen LogP contribution in [0, 0.1) is 0 Å². The van der Waals surface area contributed by atoms with Crippen LogP contribution in [0.15, 0.2) is 17.0 Å². The number of rotatable bonds is 6. The van der Waals surface area contributed by atoms with Crippen molar-refractivity contribution in [1.82, 2.24) is 4.31 Å². The highest BCUT2D eigenvalue weighted by Gasteiger charge is 2.31. The van der Waals surface area contributed by atoms with Crippen LogP contribution in [-0.4, -0.2) is 37.6 Å². The van der Waals surface area contributed by atoms with E-state index < -0.39 is 39.8 Å². The lowest BCUT2D eigenvalue weighted by Gasteiger charge is -2.20. The summed E-state index contributed by atoms with van der Waals surface area (Å²) < 4.78 is 25.4. The number of nitrogen functional groups attached to an aromatic ring is 1. The topological polar surface area (TPSA) is 150 Å². The minimum absolute atomic E-state index is 0.153. The lowest BCUT2D eigenvalue weighted by molar-refractivity contribution is -0.120. The van der Waals surface area contributed by atoms with E-state index in [1.165, 1.54) is 12.1 Å². The van der Waals surface area contributed by atoms with Crippen molar-refractivity contribution in [2.24, 2.45) is 11.5 Å². The highest BCUT2D eigenvalue weighted by Crippen LogP contribution is 2.33. The molecule has 1 aromatic carbocycles. The minimum Gasteiger partial charge on any atom is -0.399 e. The molecule has 1 aromatic rings. The molecule has 0 heterocycles. The Hall–Kier alpha value is -1.55. The Morgan fingerprint density at radius 2 is 1.43 bits per heavy atom. The van der Waals surface area contributed by atoms with E-state index in [4.69, 9.17) is 40.4 Å². The molecule has 21 heavy (non-hydrogen) atoms. The van der Waals surface area contributed by atoms with Crippen LogP contribution in [0.4, 0.5) is 5.69 Å². The van der Waals surface area contributed by atoms with Crippen LogP contribution in [0.5, 0.6) is 0 Å². The zero-order valence-electron chi connectivity index (χ0n) is 10.5.